The molecule has 0 saturated heterocycles. The summed E-state index contributed by atoms with van der Waals surface area (Å²) in [6.45, 7) is 2.07. The first kappa shape index (κ1) is 13.3. The van der Waals surface area contributed by atoms with Gasteiger partial charge in [0.05, 0.1) is 17.1 Å². The van der Waals surface area contributed by atoms with Crippen LogP contribution in [0.3, 0.4) is 0 Å². The Morgan fingerprint density at radius 1 is 1.29 bits per heavy atom. The Bertz CT molecular complexity index is 713. The maximum Gasteiger partial charge on any atom is 0.262 e. The summed E-state index contributed by atoms with van der Waals surface area (Å²) in [5.41, 5.74) is 10.4. The number of amides is 1. The molecule has 21 heavy (non-hydrogen) atoms. The van der Waals surface area contributed by atoms with Gasteiger partial charge in [-0.1, -0.05) is 12.1 Å². The lowest BCUT2D eigenvalue weighted by atomic mass is 10.1. The molecular formula is C16H17N3O2. The molecule has 0 radical (unpaired) electrons. The Hall–Kier alpha value is -2.69. The topological polar surface area (TPSA) is 67.6 Å². The summed E-state index contributed by atoms with van der Waals surface area (Å²) in [4.78, 5) is 13.4. The molecule has 0 aliphatic carbocycles. The van der Waals surface area contributed by atoms with Gasteiger partial charge in [0.1, 0.15) is 5.75 Å². The van der Waals surface area contributed by atoms with Crippen LogP contribution in [0.4, 0.5) is 22.7 Å². The van der Waals surface area contributed by atoms with Crippen LogP contribution in [0.5, 0.6) is 5.75 Å². The lowest BCUT2D eigenvalue weighted by molar-refractivity contribution is -0.118. The quantitative estimate of drug-likeness (QED) is 0.831. The second-order valence-electron chi connectivity index (χ2n) is 5.14. The molecule has 5 heteroatoms. The number of fused-ring (bicyclic) bond motifs is 1. The molecule has 0 unspecified atom stereocenters. The van der Waals surface area contributed by atoms with Crippen LogP contribution in [-0.2, 0) is 4.79 Å². The van der Waals surface area contributed by atoms with Gasteiger partial charge in [0.2, 0.25) is 0 Å². The minimum Gasteiger partial charge on any atom is -0.482 e. The van der Waals surface area contributed by atoms with E-state index in [1.165, 1.54) is 5.56 Å². The van der Waals surface area contributed by atoms with Gasteiger partial charge in [-0.05, 0) is 30.7 Å². The van der Waals surface area contributed by atoms with Crippen molar-refractivity contribution < 1.29 is 9.53 Å². The number of nitrogen functional groups attached to an aromatic ring is 1. The lowest BCUT2D eigenvalue weighted by Gasteiger charge is -2.25. The van der Waals surface area contributed by atoms with E-state index in [4.69, 9.17) is 10.5 Å². The van der Waals surface area contributed by atoms with Gasteiger partial charge in [0.15, 0.2) is 6.61 Å². The van der Waals surface area contributed by atoms with Crippen molar-refractivity contribution in [1.29, 1.82) is 0 Å². The highest BCUT2D eigenvalue weighted by Crippen LogP contribution is 2.38. The molecule has 0 atom stereocenters. The van der Waals surface area contributed by atoms with E-state index in [9.17, 15) is 4.79 Å². The highest BCUT2D eigenvalue weighted by molar-refractivity contribution is 5.97. The lowest BCUT2D eigenvalue weighted by Crippen LogP contribution is -2.26. The molecule has 1 amide bonds. The van der Waals surface area contributed by atoms with Crippen LogP contribution in [0.15, 0.2) is 36.4 Å². The van der Waals surface area contributed by atoms with Crippen LogP contribution in [-0.4, -0.2) is 19.6 Å². The molecule has 108 valence electrons. The Balaban J connectivity index is 2.02. The second-order valence-corrected chi connectivity index (χ2v) is 5.14. The fourth-order valence-corrected chi connectivity index (χ4v) is 2.40. The fourth-order valence-electron chi connectivity index (χ4n) is 2.40. The number of nitrogens with two attached hydrogens (primary N) is 1. The maximum absolute atomic E-state index is 11.4. The largest absolute Gasteiger partial charge is 0.482 e. The van der Waals surface area contributed by atoms with Crippen LogP contribution < -0.4 is 20.7 Å². The number of hydrogen-bond acceptors (Lipinski definition) is 4. The van der Waals surface area contributed by atoms with Crippen LogP contribution in [0.25, 0.3) is 0 Å². The third kappa shape index (κ3) is 2.50. The fraction of sp³-hybridized carbons (Fsp3) is 0.188. The van der Waals surface area contributed by atoms with E-state index in [-0.39, 0.29) is 12.5 Å². The zero-order valence-corrected chi connectivity index (χ0v) is 12.0. The molecule has 1 aliphatic rings. The van der Waals surface area contributed by atoms with E-state index in [0.717, 1.165) is 11.4 Å². The number of nitrogens with zero attached hydrogens (tertiary/aromatic N) is 1. The predicted octanol–water partition coefficient (Wildman–Crippen LogP) is 2.68. The monoisotopic (exact) mass is 283 g/mol. The number of hydrogen-bond donors (Lipinski definition) is 2. The van der Waals surface area contributed by atoms with Gasteiger partial charge in [-0.2, -0.15) is 0 Å². The van der Waals surface area contributed by atoms with E-state index in [2.05, 4.69) is 11.4 Å². The molecule has 1 heterocycles. The third-order valence-electron chi connectivity index (χ3n) is 3.51. The molecule has 1 aliphatic heterocycles. The second kappa shape index (κ2) is 5.01. The Labute approximate surface area is 123 Å². The van der Waals surface area contributed by atoms with Crippen molar-refractivity contribution in [3.05, 3.63) is 42.0 Å². The molecule has 0 saturated carbocycles. The number of benzene rings is 2. The first-order valence-electron chi connectivity index (χ1n) is 6.71. The number of nitrogens with one attached hydrogen (secondary N) is 1. The molecule has 0 bridgehead atoms. The normalized spacial score (nSPS) is 13.1. The summed E-state index contributed by atoms with van der Waals surface area (Å²) in [6, 6.07) is 11.7. The molecule has 3 rings (SSSR count). The zero-order chi connectivity index (χ0) is 15.0. The number of ether oxygens (including phenoxy) is 1. The van der Waals surface area contributed by atoms with Gasteiger partial charge in [0, 0.05) is 18.8 Å². The van der Waals surface area contributed by atoms with E-state index in [1.807, 2.05) is 43.1 Å². The Morgan fingerprint density at radius 2 is 2.10 bits per heavy atom. The van der Waals surface area contributed by atoms with Crippen molar-refractivity contribution >= 4 is 28.7 Å². The summed E-state index contributed by atoms with van der Waals surface area (Å²) in [5, 5.41) is 2.80. The highest BCUT2D eigenvalue weighted by atomic mass is 16.5. The Morgan fingerprint density at radius 3 is 2.86 bits per heavy atom. The number of rotatable bonds is 2. The molecule has 5 nitrogen and oxygen atoms in total. The SMILES string of the molecule is Cc1cccc(N(C)c2cc3c(cc2N)OCC(=O)N3)c1. The maximum atomic E-state index is 11.4. The van der Waals surface area contributed by atoms with Gasteiger partial charge in [-0.15, -0.1) is 0 Å². The number of carbonyl (C=O) groups is 1. The van der Waals surface area contributed by atoms with E-state index in [1.54, 1.807) is 6.07 Å². The van der Waals surface area contributed by atoms with Crippen molar-refractivity contribution in [2.45, 2.75) is 6.92 Å². The first-order valence-corrected chi connectivity index (χ1v) is 6.71. The van der Waals surface area contributed by atoms with Crippen LogP contribution in [0, 0.1) is 6.92 Å². The highest BCUT2D eigenvalue weighted by Gasteiger charge is 2.19. The molecule has 0 spiro atoms. The van der Waals surface area contributed by atoms with Crippen LogP contribution in [0.1, 0.15) is 5.56 Å². The van der Waals surface area contributed by atoms with Crippen molar-refractivity contribution in [1.82, 2.24) is 0 Å². The smallest absolute Gasteiger partial charge is 0.262 e. The summed E-state index contributed by atoms with van der Waals surface area (Å²) < 4.78 is 5.37. The predicted molar refractivity (Wildman–Crippen MR) is 84.2 cm³/mol. The van der Waals surface area contributed by atoms with Gasteiger partial charge < -0.3 is 20.7 Å². The number of aryl methyl sites for hydroxylation is 1. The summed E-state index contributed by atoms with van der Waals surface area (Å²) in [6.07, 6.45) is 0. The van der Waals surface area contributed by atoms with E-state index >= 15 is 0 Å². The number of carbonyl (C=O) groups excluding carboxylic acids is 1. The molecule has 3 N–H and O–H groups in total. The first-order chi connectivity index (χ1) is 10.0. The Kier molecular flexibility index (Phi) is 3.17. The van der Waals surface area contributed by atoms with Gasteiger partial charge >= 0.3 is 0 Å². The average Bonchev–Trinajstić information content (AvgIpc) is 2.46. The molecule has 0 aromatic heterocycles. The minimum atomic E-state index is -0.156. The van der Waals surface area contributed by atoms with Crippen LogP contribution >= 0.6 is 0 Å². The zero-order valence-electron chi connectivity index (χ0n) is 12.0. The van der Waals surface area contributed by atoms with Crippen molar-refractivity contribution in [2.75, 3.05) is 29.6 Å². The standard InChI is InChI=1S/C16H17N3O2/c1-10-4-3-5-11(6-10)19(2)14-8-13-15(7-12(14)17)21-9-16(20)18-13/h3-8H,9,17H2,1-2H3,(H,18,20). The van der Waals surface area contributed by atoms with Gasteiger partial charge in [-0.25, -0.2) is 0 Å². The molecule has 2 aromatic carbocycles. The molecule has 0 fully saturated rings. The van der Waals surface area contributed by atoms with E-state index in [0.29, 0.717) is 17.1 Å². The minimum absolute atomic E-state index is 0.0273. The molecule has 2 aromatic rings. The average molecular weight is 283 g/mol. The van der Waals surface area contributed by atoms with Crippen LogP contribution in [0.2, 0.25) is 0 Å². The number of anilines is 4. The van der Waals surface area contributed by atoms with Gasteiger partial charge in [-0.3, -0.25) is 4.79 Å². The summed E-state index contributed by atoms with van der Waals surface area (Å²) >= 11 is 0. The van der Waals surface area contributed by atoms with E-state index < -0.39 is 0 Å². The third-order valence-corrected chi connectivity index (χ3v) is 3.51. The van der Waals surface area contributed by atoms with Gasteiger partial charge in [0.25, 0.3) is 5.91 Å². The van der Waals surface area contributed by atoms with Crippen molar-refractivity contribution in [2.24, 2.45) is 0 Å². The summed E-state index contributed by atoms with van der Waals surface area (Å²) in [5.74, 6) is 0.449. The van der Waals surface area contributed by atoms with Crippen molar-refractivity contribution in [3.8, 4) is 5.75 Å². The summed E-state index contributed by atoms with van der Waals surface area (Å²) in [7, 11) is 1.94. The molecular weight excluding hydrogens is 266 g/mol. The van der Waals surface area contributed by atoms with Crippen molar-refractivity contribution in [3.63, 3.8) is 0 Å².